The topological polar surface area (TPSA) is 9.23 Å². The fourth-order valence-corrected chi connectivity index (χ4v) is 9.48. The van der Waals surface area contributed by atoms with Crippen LogP contribution in [0.25, 0.3) is 0 Å². The zero-order valence-electron chi connectivity index (χ0n) is 14.1. The normalized spacial score (nSPS) is 26.2. The van der Waals surface area contributed by atoms with E-state index in [1.54, 1.807) is 0 Å². The second kappa shape index (κ2) is 5.69. The van der Waals surface area contributed by atoms with Crippen LogP contribution in [0, 0.1) is 6.92 Å². The molecule has 1 nitrogen and oxygen atoms in total. The Labute approximate surface area is 150 Å². The molecule has 0 amide bonds. The molecule has 0 spiro atoms. The highest BCUT2D eigenvalue weighted by Gasteiger charge is 2.59. The molecule has 2 aliphatic rings. The number of hydrogen-bond donors (Lipinski definition) is 0. The van der Waals surface area contributed by atoms with Gasteiger partial charge in [-0.25, -0.2) is 0 Å². The van der Waals surface area contributed by atoms with Crippen LogP contribution in [-0.4, -0.2) is 14.4 Å². The van der Waals surface area contributed by atoms with E-state index in [0.29, 0.717) is 5.92 Å². The Kier molecular flexibility index (Phi) is 3.44. The van der Waals surface area contributed by atoms with Gasteiger partial charge in [-0.15, -0.1) is 0 Å². The van der Waals surface area contributed by atoms with Crippen LogP contribution in [-0.2, 0) is 10.8 Å². The zero-order valence-corrected chi connectivity index (χ0v) is 15.1. The monoisotopic (exact) mass is 341 g/mol. The standard InChI is InChI=1S/C23H21OSi/c1-17-23-21-15-9-8-10-18(21)16-22(23)24-25(17,19-11-4-2-5-12-19)20-13-6-3-7-14-20/h2-15,17,22-23H,1,16H2/t17?,22-,23+/m0/s1. The van der Waals surface area contributed by atoms with Crippen LogP contribution in [0.2, 0.25) is 5.54 Å². The third-order valence-corrected chi connectivity index (χ3v) is 10.4. The van der Waals surface area contributed by atoms with Crippen LogP contribution in [0.15, 0.2) is 84.9 Å². The second-order valence-corrected chi connectivity index (χ2v) is 10.8. The minimum atomic E-state index is -2.36. The molecule has 0 N–H and O–H groups in total. The molecule has 0 aromatic heterocycles. The SMILES string of the molecule is [CH2]C1[C@@H]2c3ccccc3C[C@@H]2O[Si]1(c1ccccc1)c1ccccc1. The number of benzene rings is 3. The number of hydrogen-bond acceptors (Lipinski definition) is 1. The largest absolute Gasteiger partial charge is 0.404 e. The molecule has 3 aromatic carbocycles. The summed E-state index contributed by atoms with van der Waals surface area (Å²) in [7, 11) is -2.36. The van der Waals surface area contributed by atoms with Gasteiger partial charge < -0.3 is 4.43 Å². The van der Waals surface area contributed by atoms with E-state index < -0.39 is 8.32 Å². The summed E-state index contributed by atoms with van der Waals surface area (Å²) in [5, 5.41) is 2.68. The summed E-state index contributed by atoms with van der Waals surface area (Å²) < 4.78 is 7.02. The van der Waals surface area contributed by atoms with Crippen LogP contribution >= 0.6 is 0 Å². The maximum absolute atomic E-state index is 7.02. The summed E-state index contributed by atoms with van der Waals surface area (Å²) in [6, 6.07) is 30.5. The maximum Gasteiger partial charge on any atom is 0.259 e. The van der Waals surface area contributed by atoms with Gasteiger partial charge in [-0.3, -0.25) is 0 Å². The van der Waals surface area contributed by atoms with E-state index in [2.05, 4.69) is 84.9 Å². The summed E-state index contributed by atoms with van der Waals surface area (Å²) in [5.41, 5.74) is 3.16. The van der Waals surface area contributed by atoms with Crippen molar-refractivity contribution in [3.63, 3.8) is 0 Å². The Bertz CT molecular complexity index is 851. The summed E-state index contributed by atoms with van der Waals surface area (Å²) >= 11 is 0. The first-order valence-corrected chi connectivity index (χ1v) is 11.0. The summed E-state index contributed by atoms with van der Waals surface area (Å²) in [4.78, 5) is 0. The van der Waals surface area contributed by atoms with Crippen LogP contribution in [0.3, 0.4) is 0 Å². The van der Waals surface area contributed by atoms with E-state index in [9.17, 15) is 0 Å². The highest BCUT2D eigenvalue weighted by molar-refractivity contribution is 6.99. The lowest BCUT2D eigenvalue weighted by molar-refractivity contribution is 0.223. The third kappa shape index (κ3) is 2.11. The highest BCUT2D eigenvalue weighted by Crippen LogP contribution is 2.52. The molecule has 1 unspecified atom stereocenters. The van der Waals surface area contributed by atoms with Crippen LogP contribution in [0.1, 0.15) is 17.0 Å². The number of fused-ring (bicyclic) bond motifs is 3. The Morgan fingerprint density at radius 1 is 0.760 bits per heavy atom. The molecule has 0 bridgehead atoms. The molecule has 25 heavy (non-hydrogen) atoms. The molecule has 1 aliphatic heterocycles. The lowest BCUT2D eigenvalue weighted by Crippen LogP contribution is -2.61. The van der Waals surface area contributed by atoms with Crippen molar-refractivity contribution in [1.82, 2.24) is 0 Å². The Morgan fingerprint density at radius 2 is 1.32 bits per heavy atom. The van der Waals surface area contributed by atoms with E-state index in [1.165, 1.54) is 21.5 Å². The van der Waals surface area contributed by atoms with Crippen molar-refractivity contribution in [2.75, 3.05) is 0 Å². The van der Waals surface area contributed by atoms with Crippen molar-refractivity contribution in [3.05, 3.63) is 103 Å². The second-order valence-electron chi connectivity index (χ2n) is 7.16. The molecule has 2 heteroatoms. The van der Waals surface area contributed by atoms with Crippen molar-refractivity contribution >= 4 is 18.7 Å². The van der Waals surface area contributed by atoms with E-state index in [0.717, 1.165) is 6.42 Å². The van der Waals surface area contributed by atoms with Gasteiger partial charge in [0.25, 0.3) is 8.32 Å². The molecule has 1 aliphatic carbocycles. The third-order valence-electron chi connectivity index (χ3n) is 5.93. The molecule has 1 saturated heterocycles. The lowest BCUT2D eigenvalue weighted by Gasteiger charge is -2.33. The first kappa shape index (κ1) is 15.1. The first-order chi connectivity index (χ1) is 12.3. The molecular weight excluding hydrogens is 320 g/mol. The minimum Gasteiger partial charge on any atom is -0.404 e. The fourth-order valence-electron chi connectivity index (χ4n) is 4.86. The van der Waals surface area contributed by atoms with Gasteiger partial charge in [0.2, 0.25) is 0 Å². The average molecular weight is 342 g/mol. The molecule has 1 radical (unpaired) electrons. The zero-order chi connectivity index (χ0) is 16.9. The molecule has 1 heterocycles. The predicted octanol–water partition coefficient (Wildman–Crippen LogP) is 3.69. The van der Waals surface area contributed by atoms with Gasteiger partial charge in [0.05, 0.1) is 6.10 Å². The summed E-state index contributed by atoms with van der Waals surface area (Å²) in [5.74, 6) is 0.406. The summed E-state index contributed by atoms with van der Waals surface area (Å²) in [6.07, 6.45) is 1.27. The highest BCUT2D eigenvalue weighted by atomic mass is 28.4. The molecule has 0 saturated carbocycles. The smallest absolute Gasteiger partial charge is 0.259 e. The molecule has 3 atom stereocenters. The first-order valence-electron chi connectivity index (χ1n) is 9.00. The van der Waals surface area contributed by atoms with E-state index in [-0.39, 0.29) is 11.6 Å². The lowest BCUT2D eigenvalue weighted by atomic mass is 9.97. The Morgan fingerprint density at radius 3 is 1.96 bits per heavy atom. The maximum atomic E-state index is 7.02. The van der Waals surface area contributed by atoms with Gasteiger partial charge >= 0.3 is 0 Å². The molecule has 5 rings (SSSR count). The number of rotatable bonds is 2. The van der Waals surface area contributed by atoms with Crippen LogP contribution < -0.4 is 10.4 Å². The van der Waals surface area contributed by atoms with E-state index in [1.807, 2.05) is 0 Å². The van der Waals surface area contributed by atoms with Crippen molar-refractivity contribution < 1.29 is 4.43 Å². The van der Waals surface area contributed by atoms with E-state index >= 15 is 0 Å². The van der Waals surface area contributed by atoms with Crippen LogP contribution in [0.5, 0.6) is 0 Å². The molecule has 3 aromatic rings. The fraction of sp³-hybridized carbons (Fsp3) is 0.174. The van der Waals surface area contributed by atoms with Crippen molar-refractivity contribution in [2.45, 2.75) is 24.0 Å². The molecule has 1 fully saturated rings. The average Bonchev–Trinajstić information content (AvgIpc) is 3.18. The van der Waals surface area contributed by atoms with Gasteiger partial charge in [-0.2, -0.15) is 0 Å². The van der Waals surface area contributed by atoms with Crippen molar-refractivity contribution in [2.24, 2.45) is 0 Å². The molecule has 123 valence electrons. The van der Waals surface area contributed by atoms with Crippen molar-refractivity contribution in [1.29, 1.82) is 0 Å². The quantitative estimate of drug-likeness (QED) is 0.646. The predicted molar refractivity (Wildman–Crippen MR) is 105 cm³/mol. The van der Waals surface area contributed by atoms with Gasteiger partial charge in [0.1, 0.15) is 0 Å². The van der Waals surface area contributed by atoms with E-state index in [4.69, 9.17) is 11.3 Å². The van der Waals surface area contributed by atoms with Gasteiger partial charge in [0, 0.05) is 5.92 Å². The van der Waals surface area contributed by atoms with Gasteiger partial charge in [-0.1, -0.05) is 84.9 Å². The Hall–Kier alpha value is -2.16. The summed E-state index contributed by atoms with van der Waals surface area (Å²) in [6.45, 7) is 4.72. The van der Waals surface area contributed by atoms with Crippen molar-refractivity contribution in [3.8, 4) is 0 Å². The van der Waals surface area contributed by atoms with Crippen LogP contribution in [0.4, 0.5) is 0 Å². The minimum absolute atomic E-state index is 0.256. The Balaban J connectivity index is 1.70. The van der Waals surface area contributed by atoms with Gasteiger partial charge in [-0.05, 0) is 40.4 Å². The van der Waals surface area contributed by atoms with Gasteiger partial charge in [0.15, 0.2) is 0 Å². The molecular formula is C23H21OSi.